The second kappa shape index (κ2) is 6.24. The molecule has 0 radical (unpaired) electrons. The van der Waals surface area contributed by atoms with Gasteiger partial charge in [0.05, 0.1) is 5.75 Å². The molecule has 6 nitrogen and oxygen atoms in total. The highest BCUT2D eigenvalue weighted by atomic mass is 127. The van der Waals surface area contributed by atoms with E-state index < -0.39 is 0 Å². The molecule has 2 rings (SSSR count). The maximum atomic E-state index is 11.8. The third-order valence-corrected chi connectivity index (χ3v) is 3.96. The first kappa shape index (κ1) is 14.1. The summed E-state index contributed by atoms with van der Waals surface area (Å²) in [5, 5.41) is 11.0. The topological polar surface area (TPSA) is 85.8 Å². The molecule has 0 bridgehead atoms. The largest absolute Gasteiger partial charge is 0.336 e. The fourth-order valence-electron chi connectivity index (χ4n) is 1.31. The summed E-state index contributed by atoms with van der Waals surface area (Å²) in [6, 6.07) is 7.59. The summed E-state index contributed by atoms with van der Waals surface area (Å²) in [5.74, 6) is 6.44. The monoisotopic (exact) mass is 389 g/mol. The number of carbonyl (C=O) groups is 1. The molecule has 1 aromatic carbocycles. The van der Waals surface area contributed by atoms with Crippen LogP contribution in [0.4, 0.5) is 5.69 Å². The Hall–Kier alpha value is -1.29. The molecule has 0 aliphatic heterocycles. The van der Waals surface area contributed by atoms with E-state index in [-0.39, 0.29) is 11.7 Å². The minimum atomic E-state index is -0.105. The number of thioether (sulfide) groups is 1. The number of carbonyl (C=O) groups excluding carboxylic acids is 1. The third kappa shape index (κ3) is 3.83. The maximum Gasteiger partial charge on any atom is 0.234 e. The van der Waals surface area contributed by atoms with Gasteiger partial charge in [0.2, 0.25) is 11.1 Å². The van der Waals surface area contributed by atoms with Crippen molar-refractivity contribution < 1.29 is 4.79 Å². The molecule has 0 saturated carbocycles. The number of nitrogens with one attached hydrogen (secondary N) is 1. The van der Waals surface area contributed by atoms with Crippen molar-refractivity contribution in [3.05, 3.63) is 33.7 Å². The molecule has 1 aromatic heterocycles. The first-order chi connectivity index (χ1) is 9.06. The number of rotatable bonds is 4. The summed E-state index contributed by atoms with van der Waals surface area (Å²) >= 11 is 3.46. The standard InChI is InChI=1S/C11H12IN5OS/c1-7-15-16-11(17(7)13)19-6-10(18)14-9-4-2-8(12)3-5-9/h2-5H,6,13H2,1H3,(H,14,18). The number of aryl methyl sites for hydroxylation is 1. The first-order valence-corrected chi connectivity index (χ1v) is 7.48. The summed E-state index contributed by atoms with van der Waals surface area (Å²) < 4.78 is 2.49. The molecule has 1 amide bonds. The van der Waals surface area contributed by atoms with E-state index in [1.807, 2.05) is 24.3 Å². The van der Waals surface area contributed by atoms with E-state index in [0.717, 1.165) is 9.26 Å². The van der Waals surface area contributed by atoms with Gasteiger partial charge in [-0.15, -0.1) is 10.2 Å². The van der Waals surface area contributed by atoms with Crippen molar-refractivity contribution in [3.63, 3.8) is 0 Å². The molecule has 1 heterocycles. The van der Waals surface area contributed by atoms with Crippen LogP contribution in [0.3, 0.4) is 0 Å². The smallest absolute Gasteiger partial charge is 0.234 e. The number of hydrogen-bond acceptors (Lipinski definition) is 5. The number of anilines is 1. The molecule has 8 heteroatoms. The highest BCUT2D eigenvalue weighted by Crippen LogP contribution is 2.15. The van der Waals surface area contributed by atoms with Gasteiger partial charge >= 0.3 is 0 Å². The van der Waals surface area contributed by atoms with Crippen molar-refractivity contribution in [2.45, 2.75) is 12.1 Å². The van der Waals surface area contributed by atoms with E-state index in [9.17, 15) is 4.79 Å². The summed E-state index contributed by atoms with van der Waals surface area (Å²) in [5.41, 5.74) is 0.774. The van der Waals surface area contributed by atoms with Gasteiger partial charge in [-0.05, 0) is 53.8 Å². The fraction of sp³-hybridized carbons (Fsp3) is 0.182. The number of aromatic nitrogens is 3. The van der Waals surface area contributed by atoms with Gasteiger partial charge in [0.15, 0.2) is 0 Å². The molecule has 0 fully saturated rings. The minimum Gasteiger partial charge on any atom is -0.336 e. The van der Waals surface area contributed by atoms with Crippen LogP contribution < -0.4 is 11.2 Å². The van der Waals surface area contributed by atoms with E-state index in [4.69, 9.17) is 5.84 Å². The van der Waals surface area contributed by atoms with Crippen molar-refractivity contribution >= 4 is 45.9 Å². The lowest BCUT2D eigenvalue weighted by Crippen LogP contribution is -2.16. The van der Waals surface area contributed by atoms with Gasteiger partial charge in [0.25, 0.3) is 0 Å². The molecule has 0 atom stereocenters. The van der Waals surface area contributed by atoms with Crippen LogP contribution in [0.2, 0.25) is 0 Å². The van der Waals surface area contributed by atoms with Crippen molar-refractivity contribution in [1.29, 1.82) is 0 Å². The van der Waals surface area contributed by atoms with Crippen LogP contribution in [0.25, 0.3) is 0 Å². The second-order valence-corrected chi connectivity index (χ2v) is 5.93. The van der Waals surface area contributed by atoms with Crippen LogP contribution in [0.5, 0.6) is 0 Å². The van der Waals surface area contributed by atoms with Crippen molar-refractivity contribution in [3.8, 4) is 0 Å². The van der Waals surface area contributed by atoms with Crippen molar-refractivity contribution in [2.24, 2.45) is 0 Å². The lowest BCUT2D eigenvalue weighted by Gasteiger charge is -2.05. The normalized spacial score (nSPS) is 10.4. The minimum absolute atomic E-state index is 0.105. The number of nitrogens with two attached hydrogens (primary N) is 1. The zero-order chi connectivity index (χ0) is 13.8. The zero-order valence-electron chi connectivity index (χ0n) is 10.1. The van der Waals surface area contributed by atoms with Gasteiger partial charge in [0.1, 0.15) is 5.82 Å². The van der Waals surface area contributed by atoms with Gasteiger partial charge in [-0.1, -0.05) is 11.8 Å². The number of halogens is 1. The number of hydrogen-bond donors (Lipinski definition) is 2. The Kier molecular flexibility index (Phi) is 4.64. The molecular weight excluding hydrogens is 377 g/mol. The van der Waals surface area contributed by atoms with Crippen LogP contribution in [0.15, 0.2) is 29.4 Å². The Morgan fingerprint density at radius 3 is 2.68 bits per heavy atom. The average Bonchev–Trinajstić information content (AvgIpc) is 2.70. The number of amides is 1. The molecule has 0 saturated heterocycles. The van der Waals surface area contributed by atoms with Gasteiger partial charge in [0, 0.05) is 9.26 Å². The fourth-order valence-corrected chi connectivity index (χ4v) is 2.37. The van der Waals surface area contributed by atoms with E-state index in [0.29, 0.717) is 11.0 Å². The van der Waals surface area contributed by atoms with E-state index >= 15 is 0 Å². The summed E-state index contributed by atoms with van der Waals surface area (Å²) in [6.45, 7) is 1.75. The second-order valence-electron chi connectivity index (χ2n) is 3.74. The van der Waals surface area contributed by atoms with Crippen LogP contribution in [-0.4, -0.2) is 26.5 Å². The van der Waals surface area contributed by atoms with E-state index in [2.05, 4.69) is 38.1 Å². The van der Waals surface area contributed by atoms with Gasteiger partial charge in [-0.25, -0.2) is 4.68 Å². The SMILES string of the molecule is Cc1nnc(SCC(=O)Nc2ccc(I)cc2)n1N. The molecule has 0 spiro atoms. The summed E-state index contributed by atoms with van der Waals surface area (Å²) in [7, 11) is 0. The van der Waals surface area contributed by atoms with Crippen molar-refractivity contribution in [2.75, 3.05) is 16.9 Å². The third-order valence-electron chi connectivity index (χ3n) is 2.30. The molecular formula is C11H12IN5OS. The molecule has 0 aliphatic rings. The highest BCUT2D eigenvalue weighted by Gasteiger charge is 2.09. The highest BCUT2D eigenvalue weighted by molar-refractivity contribution is 14.1. The quantitative estimate of drug-likeness (QED) is 0.472. The average molecular weight is 389 g/mol. The molecule has 2 aromatic rings. The Bertz CT molecular complexity index is 583. The lowest BCUT2D eigenvalue weighted by molar-refractivity contribution is -0.113. The van der Waals surface area contributed by atoms with Gasteiger partial charge in [-0.2, -0.15) is 0 Å². The van der Waals surface area contributed by atoms with Crippen LogP contribution >= 0.6 is 34.4 Å². The summed E-state index contributed by atoms with van der Waals surface area (Å²) in [4.78, 5) is 11.8. The van der Waals surface area contributed by atoms with Crippen LogP contribution in [0, 0.1) is 10.5 Å². The Labute approximate surface area is 128 Å². The van der Waals surface area contributed by atoms with E-state index in [1.165, 1.54) is 16.4 Å². The van der Waals surface area contributed by atoms with E-state index in [1.54, 1.807) is 6.92 Å². The Balaban J connectivity index is 1.88. The predicted octanol–water partition coefficient (Wildman–Crippen LogP) is 1.64. The molecule has 0 aliphatic carbocycles. The summed E-state index contributed by atoms with van der Waals surface area (Å²) in [6.07, 6.45) is 0. The number of benzene rings is 1. The maximum absolute atomic E-state index is 11.8. The van der Waals surface area contributed by atoms with Gasteiger partial charge in [-0.3, -0.25) is 4.79 Å². The first-order valence-electron chi connectivity index (χ1n) is 5.41. The molecule has 100 valence electrons. The molecule has 0 unspecified atom stereocenters. The predicted molar refractivity (Wildman–Crippen MR) is 83.4 cm³/mol. The number of nitrogens with zero attached hydrogens (tertiary/aromatic N) is 3. The zero-order valence-corrected chi connectivity index (χ0v) is 13.1. The van der Waals surface area contributed by atoms with Crippen LogP contribution in [0.1, 0.15) is 5.82 Å². The molecule has 3 N–H and O–H groups in total. The van der Waals surface area contributed by atoms with Crippen LogP contribution in [-0.2, 0) is 4.79 Å². The Morgan fingerprint density at radius 1 is 1.42 bits per heavy atom. The Morgan fingerprint density at radius 2 is 2.11 bits per heavy atom. The van der Waals surface area contributed by atoms with Gasteiger partial charge < -0.3 is 11.2 Å². The van der Waals surface area contributed by atoms with Crippen molar-refractivity contribution in [1.82, 2.24) is 14.9 Å². The lowest BCUT2D eigenvalue weighted by atomic mass is 10.3. The molecule has 19 heavy (non-hydrogen) atoms. The number of nitrogen functional groups attached to an aromatic ring is 1.